The fourth-order valence-electron chi connectivity index (χ4n) is 2.10. The van der Waals surface area contributed by atoms with E-state index in [-0.39, 0.29) is 12.2 Å². The van der Waals surface area contributed by atoms with E-state index in [4.69, 9.17) is 4.74 Å². The predicted octanol–water partition coefficient (Wildman–Crippen LogP) is 4.46. The fourth-order valence-corrected chi connectivity index (χ4v) is 2.10. The van der Waals surface area contributed by atoms with Crippen molar-refractivity contribution < 1.29 is 27.6 Å². The number of rotatable bonds is 4. The molecule has 2 aromatic carbocycles. The van der Waals surface area contributed by atoms with Gasteiger partial charge in [-0.05, 0) is 42.3 Å². The van der Waals surface area contributed by atoms with Gasteiger partial charge in [0.25, 0.3) is 5.69 Å². The van der Waals surface area contributed by atoms with Crippen LogP contribution in [0.3, 0.4) is 0 Å². The molecule has 0 saturated carbocycles. The van der Waals surface area contributed by atoms with E-state index in [9.17, 15) is 28.1 Å². The Balaban J connectivity index is 2.46. The normalized spacial score (nSPS) is 11.2. The molecule has 0 amide bonds. The van der Waals surface area contributed by atoms with Crippen molar-refractivity contribution in [3.05, 3.63) is 63.7 Å². The van der Waals surface area contributed by atoms with Gasteiger partial charge in [-0.15, -0.1) is 0 Å². The van der Waals surface area contributed by atoms with Gasteiger partial charge in [-0.1, -0.05) is 12.1 Å². The summed E-state index contributed by atoms with van der Waals surface area (Å²) in [6.45, 7) is 1.60. The quantitative estimate of drug-likeness (QED) is 0.468. The van der Waals surface area contributed by atoms with Gasteiger partial charge in [-0.25, -0.2) is 4.79 Å². The van der Waals surface area contributed by atoms with E-state index in [1.165, 1.54) is 24.3 Å². The molecule has 2 rings (SSSR count). The summed E-state index contributed by atoms with van der Waals surface area (Å²) >= 11 is 0. The van der Waals surface area contributed by atoms with Crippen LogP contribution in [0.15, 0.2) is 42.5 Å². The van der Waals surface area contributed by atoms with E-state index in [0.29, 0.717) is 11.1 Å². The highest BCUT2D eigenvalue weighted by Crippen LogP contribution is 2.32. The van der Waals surface area contributed by atoms with Crippen molar-refractivity contribution in [2.45, 2.75) is 13.1 Å². The molecule has 0 radical (unpaired) electrons. The molecule has 5 nitrogen and oxygen atoms in total. The minimum Gasteiger partial charge on any atom is -0.462 e. The minimum atomic E-state index is -4.45. The zero-order valence-corrected chi connectivity index (χ0v) is 12.5. The second-order valence-electron chi connectivity index (χ2n) is 4.78. The first-order valence-corrected chi connectivity index (χ1v) is 6.87. The zero-order chi connectivity index (χ0) is 17.9. The number of alkyl halides is 3. The Morgan fingerprint density at radius 3 is 2.21 bits per heavy atom. The van der Waals surface area contributed by atoms with Crippen LogP contribution < -0.4 is 0 Å². The lowest BCUT2D eigenvalue weighted by Gasteiger charge is -2.09. The molecule has 0 aliphatic heterocycles. The van der Waals surface area contributed by atoms with Gasteiger partial charge in [0.2, 0.25) is 0 Å². The number of hydrogen-bond donors (Lipinski definition) is 0. The average Bonchev–Trinajstić information content (AvgIpc) is 2.53. The number of hydrogen-bond acceptors (Lipinski definition) is 4. The largest absolute Gasteiger partial charge is 0.462 e. The second kappa shape index (κ2) is 6.69. The maximum absolute atomic E-state index is 12.6. The summed E-state index contributed by atoms with van der Waals surface area (Å²) in [5.74, 6) is -0.863. The van der Waals surface area contributed by atoms with Crippen molar-refractivity contribution >= 4 is 11.7 Å². The monoisotopic (exact) mass is 339 g/mol. The van der Waals surface area contributed by atoms with Crippen molar-refractivity contribution in [1.82, 2.24) is 0 Å². The number of halogens is 3. The minimum absolute atomic E-state index is 0.0422. The van der Waals surface area contributed by atoms with Crippen LogP contribution in [0.2, 0.25) is 0 Å². The van der Waals surface area contributed by atoms with Gasteiger partial charge in [-0.2, -0.15) is 13.2 Å². The molecule has 0 aliphatic rings. The summed E-state index contributed by atoms with van der Waals surface area (Å²) in [6, 6.07) is 8.00. The second-order valence-corrected chi connectivity index (χ2v) is 4.78. The molecule has 0 unspecified atom stereocenters. The Morgan fingerprint density at radius 1 is 1.12 bits per heavy atom. The van der Waals surface area contributed by atoms with Crippen LogP contribution in [0.5, 0.6) is 0 Å². The molecule has 8 heteroatoms. The Hall–Kier alpha value is -2.90. The van der Waals surface area contributed by atoms with Gasteiger partial charge in [0, 0.05) is 6.07 Å². The molecule has 0 aliphatic carbocycles. The van der Waals surface area contributed by atoms with Crippen molar-refractivity contribution in [3.63, 3.8) is 0 Å². The van der Waals surface area contributed by atoms with Crippen LogP contribution in [0.25, 0.3) is 11.1 Å². The number of ether oxygens (including phenoxy) is 1. The third kappa shape index (κ3) is 3.70. The number of carbonyl (C=O) groups is 1. The highest BCUT2D eigenvalue weighted by molar-refractivity contribution is 5.95. The van der Waals surface area contributed by atoms with Crippen LogP contribution >= 0.6 is 0 Å². The van der Waals surface area contributed by atoms with E-state index in [2.05, 4.69) is 0 Å². The van der Waals surface area contributed by atoms with Gasteiger partial charge in [0.15, 0.2) is 0 Å². The Bertz CT molecular complexity index is 770. The van der Waals surface area contributed by atoms with E-state index < -0.39 is 28.3 Å². The summed E-state index contributed by atoms with van der Waals surface area (Å²) in [7, 11) is 0. The number of nitro groups is 1. The number of benzene rings is 2. The summed E-state index contributed by atoms with van der Waals surface area (Å²) in [5.41, 5.74) is -0.719. The topological polar surface area (TPSA) is 69.4 Å². The first kappa shape index (κ1) is 17.5. The summed E-state index contributed by atoms with van der Waals surface area (Å²) in [6.07, 6.45) is -4.45. The van der Waals surface area contributed by atoms with Crippen LogP contribution in [0.4, 0.5) is 18.9 Å². The van der Waals surface area contributed by atoms with Crippen LogP contribution in [0.1, 0.15) is 22.8 Å². The number of nitro benzene ring substituents is 1. The molecule has 0 fully saturated rings. The third-order valence-electron chi connectivity index (χ3n) is 3.23. The highest BCUT2D eigenvalue weighted by atomic mass is 19.4. The SMILES string of the molecule is CCOC(=O)c1cc(-c2ccc(C(F)(F)F)cc2)ccc1[N+](=O)[O-]. The fraction of sp³-hybridized carbons (Fsp3) is 0.188. The van der Waals surface area contributed by atoms with E-state index >= 15 is 0 Å². The molecule has 0 spiro atoms. The van der Waals surface area contributed by atoms with Crippen molar-refractivity contribution in [1.29, 1.82) is 0 Å². The number of esters is 1. The van der Waals surface area contributed by atoms with Gasteiger partial charge in [-0.3, -0.25) is 10.1 Å². The molecule has 24 heavy (non-hydrogen) atoms. The summed E-state index contributed by atoms with van der Waals surface area (Å²) in [5, 5.41) is 11.0. The molecule has 0 saturated heterocycles. The van der Waals surface area contributed by atoms with Gasteiger partial charge in [0.05, 0.1) is 17.1 Å². The van der Waals surface area contributed by atoms with Crippen LogP contribution in [-0.2, 0) is 10.9 Å². The molecule has 2 aromatic rings. The van der Waals surface area contributed by atoms with E-state index in [1.54, 1.807) is 6.92 Å². The van der Waals surface area contributed by atoms with Gasteiger partial charge >= 0.3 is 12.1 Å². The van der Waals surface area contributed by atoms with Crippen molar-refractivity contribution in [2.75, 3.05) is 6.61 Å². The maximum atomic E-state index is 12.6. The molecule has 0 aromatic heterocycles. The average molecular weight is 339 g/mol. The third-order valence-corrected chi connectivity index (χ3v) is 3.23. The molecular formula is C16H12F3NO4. The first-order chi connectivity index (χ1) is 11.2. The Labute approximate surface area is 134 Å². The Kier molecular flexibility index (Phi) is 4.87. The van der Waals surface area contributed by atoms with E-state index in [1.807, 2.05) is 0 Å². The number of nitrogens with zero attached hydrogens (tertiary/aromatic N) is 1. The smallest absolute Gasteiger partial charge is 0.416 e. The molecule has 0 bridgehead atoms. The molecule has 0 atom stereocenters. The van der Waals surface area contributed by atoms with Crippen LogP contribution in [-0.4, -0.2) is 17.5 Å². The standard InChI is InChI=1S/C16H12F3NO4/c1-2-24-15(21)13-9-11(5-8-14(13)20(22)23)10-3-6-12(7-4-10)16(17,18)19/h3-9H,2H2,1H3. The van der Waals surface area contributed by atoms with Crippen LogP contribution in [0, 0.1) is 10.1 Å². The lowest BCUT2D eigenvalue weighted by Crippen LogP contribution is -2.08. The van der Waals surface area contributed by atoms with Crippen molar-refractivity contribution in [2.24, 2.45) is 0 Å². The maximum Gasteiger partial charge on any atom is 0.416 e. The van der Waals surface area contributed by atoms with Gasteiger partial charge in [0.1, 0.15) is 5.56 Å². The summed E-state index contributed by atoms with van der Waals surface area (Å²) in [4.78, 5) is 22.2. The summed E-state index contributed by atoms with van der Waals surface area (Å²) < 4.78 is 42.5. The molecule has 0 N–H and O–H groups in total. The first-order valence-electron chi connectivity index (χ1n) is 6.87. The van der Waals surface area contributed by atoms with Crippen molar-refractivity contribution in [3.8, 4) is 11.1 Å². The highest BCUT2D eigenvalue weighted by Gasteiger charge is 2.30. The lowest BCUT2D eigenvalue weighted by atomic mass is 10.0. The zero-order valence-electron chi connectivity index (χ0n) is 12.5. The molecular weight excluding hydrogens is 327 g/mol. The van der Waals surface area contributed by atoms with Gasteiger partial charge < -0.3 is 4.74 Å². The Morgan fingerprint density at radius 2 is 1.71 bits per heavy atom. The number of carbonyl (C=O) groups excluding carboxylic acids is 1. The van der Waals surface area contributed by atoms with E-state index in [0.717, 1.165) is 18.2 Å². The lowest BCUT2D eigenvalue weighted by molar-refractivity contribution is -0.385. The molecule has 126 valence electrons. The predicted molar refractivity (Wildman–Crippen MR) is 79.5 cm³/mol. The molecule has 0 heterocycles.